The lowest BCUT2D eigenvalue weighted by Gasteiger charge is -2.04. The van der Waals surface area contributed by atoms with Crippen LogP contribution < -0.4 is 3.98 Å². The van der Waals surface area contributed by atoms with Crippen molar-refractivity contribution in [3.05, 3.63) is 39.2 Å². The van der Waals surface area contributed by atoms with Crippen LogP contribution in [-0.2, 0) is 4.79 Å². The van der Waals surface area contributed by atoms with Crippen LogP contribution >= 0.6 is 46.7 Å². The first kappa shape index (κ1) is 14.9. The third-order valence-electron chi connectivity index (χ3n) is 2.82. The first-order valence-corrected chi connectivity index (χ1v) is 9.34. The Morgan fingerprint density at radius 1 is 1.29 bits per heavy atom. The summed E-state index contributed by atoms with van der Waals surface area (Å²) in [5.74, 6) is -0.108. The molecule has 0 radical (unpaired) electrons. The Labute approximate surface area is 140 Å². The summed E-state index contributed by atoms with van der Waals surface area (Å²) in [6.07, 6.45) is 3.85. The normalized spacial score (nSPS) is 17.2. The first-order chi connectivity index (χ1) is 10.2. The fourth-order valence-electron chi connectivity index (χ4n) is 1.81. The maximum atomic E-state index is 12.3. The maximum Gasteiger partial charge on any atom is 0.286 e. The number of thiocarbonyl (C=S) groups is 1. The van der Waals surface area contributed by atoms with Crippen LogP contribution in [0, 0.1) is 0 Å². The number of amides is 1. The van der Waals surface area contributed by atoms with Gasteiger partial charge in [0.25, 0.3) is 5.91 Å². The molecule has 0 N–H and O–H groups in total. The second-order valence-corrected chi connectivity index (χ2v) is 8.35. The van der Waals surface area contributed by atoms with Crippen molar-refractivity contribution in [1.82, 2.24) is 5.01 Å². The second-order valence-electron chi connectivity index (χ2n) is 4.36. The zero-order valence-electron chi connectivity index (χ0n) is 11.2. The lowest BCUT2D eigenvalue weighted by molar-refractivity contribution is -0.122. The number of nitrogens with zero attached hydrogens (tertiary/aromatic N) is 2. The van der Waals surface area contributed by atoms with Crippen LogP contribution in [-0.4, -0.2) is 15.2 Å². The Hall–Kier alpha value is -1.02. The summed E-state index contributed by atoms with van der Waals surface area (Å²) >= 11 is 9.75. The summed E-state index contributed by atoms with van der Waals surface area (Å²) in [5.41, 5.74) is 0. The van der Waals surface area contributed by atoms with Crippen LogP contribution in [0.5, 0.6) is 0 Å². The molecule has 21 heavy (non-hydrogen) atoms. The highest BCUT2D eigenvalue weighted by molar-refractivity contribution is 8.26. The SMILES string of the molecule is CCC/C=C1/SC(=S)N(N=c2sc3ccccc3s2)C1=O. The van der Waals surface area contributed by atoms with Gasteiger partial charge in [0.1, 0.15) is 0 Å². The molecule has 0 bridgehead atoms. The fraction of sp³-hybridized carbons (Fsp3) is 0.214. The quantitative estimate of drug-likeness (QED) is 0.609. The van der Waals surface area contributed by atoms with Gasteiger partial charge in [0, 0.05) is 9.40 Å². The number of hydrogen-bond donors (Lipinski definition) is 0. The van der Waals surface area contributed by atoms with Crippen molar-refractivity contribution in [3.63, 3.8) is 0 Å². The Morgan fingerprint density at radius 3 is 2.57 bits per heavy atom. The van der Waals surface area contributed by atoms with Gasteiger partial charge in [-0.2, -0.15) is 5.01 Å². The zero-order chi connectivity index (χ0) is 14.8. The average molecular weight is 353 g/mol. The molecule has 0 aliphatic carbocycles. The predicted molar refractivity (Wildman–Crippen MR) is 95.3 cm³/mol. The van der Waals surface area contributed by atoms with Crippen LogP contribution in [0.25, 0.3) is 9.40 Å². The van der Waals surface area contributed by atoms with Crippen molar-refractivity contribution >= 4 is 66.3 Å². The standard InChI is InChI=1S/C14H12N2OS4/c1-2-3-6-11-12(17)16(14(18)21-11)15-13-19-9-7-4-5-8-10(9)20-13/h4-8H,2-3H2,1H3/b11-6+. The van der Waals surface area contributed by atoms with Crippen LogP contribution in [0.2, 0.25) is 0 Å². The smallest absolute Gasteiger partial charge is 0.266 e. The summed E-state index contributed by atoms with van der Waals surface area (Å²) in [7, 11) is 0. The molecule has 1 aliphatic rings. The van der Waals surface area contributed by atoms with Crippen LogP contribution in [0.15, 0.2) is 40.3 Å². The topological polar surface area (TPSA) is 32.7 Å². The average Bonchev–Trinajstić information content (AvgIpc) is 3.00. The third-order valence-corrected chi connectivity index (χ3v) is 6.44. The molecule has 2 heterocycles. The van der Waals surface area contributed by atoms with E-state index in [9.17, 15) is 4.79 Å². The molecule has 1 aromatic carbocycles. The number of benzene rings is 1. The molecule has 0 atom stereocenters. The lowest BCUT2D eigenvalue weighted by Crippen LogP contribution is -2.23. The van der Waals surface area contributed by atoms with E-state index in [4.69, 9.17) is 12.2 Å². The van der Waals surface area contributed by atoms with Gasteiger partial charge in [-0.15, -0.1) is 27.8 Å². The lowest BCUT2D eigenvalue weighted by atomic mass is 10.3. The number of rotatable bonds is 3. The molecule has 1 saturated heterocycles. The molecule has 0 saturated carbocycles. The highest BCUT2D eigenvalue weighted by atomic mass is 32.2. The third kappa shape index (κ3) is 3.11. The molecule has 0 spiro atoms. The molecule has 1 fully saturated rings. The summed E-state index contributed by atoms with van der Waals surface area (Å²) in [6.45, 7) is 2.08. The van der Waals surface area contributed by atoms with E-state index in [1.807, 2.05) is 18.2 Å². The van der Waals surface area contributed by atoms with Gasteiger partial charge >= 0.3 is 0 Å². The van der Waals surface area contributed by atoms with Crippen molar-refractivity contribution < 1.29 is 4.79 Å². The second kappa shape index (κ2) is 6.39. The van der Waals surface area contributed by atoms with Crippen LogP contribution in [0.1, 0.15) is 19.8 Å². The number of unbranched alkanes of at least 4 members (excludes halogenated alkanes) is 1. The number of fused-ring (bicyclic) bond motifs is 1. The number of carbonyl (C=O) groups is 1. The van der Waals surface area contributed by atoms with Gasteiger partial charge in [0.05, 0.1) is 4.91 Å². The Kier molecular flexibility index (Phi) is 4.54. The number of carbonyl (C=O) groups excluding carboxylic acids is 1. The Bertz CT molecular complexity index is 766. The summed E-state index contributed by atoms with van der Waals surface area (Å²) in [4.78, 5) is 13.0. The molecular weight excluding hydrogens is 340 g/mol. The summed E-state index contributed by atoms with van der Waals surface area (Å²) in [5, 5.41) is 5.78. The van der Waals surface area contributed by atoms with E-state index >= 15 is 0 Å². The zero-order valence-corrected chi connectivity index (χ0v) is 14.5. The van der Waals surface area contributed by atoms with Gasteiger partial charge in [0.2, 0.25) is 0 Å². The molecule has 0 unspecified atom stereocenters. The molecule has 1 aliphatic heterocycles. The van der Waals surface area contributed by atoms with E-state index in [2.05, 4.69) is 24.2 Å². The van der Waals surface area contributed by atoms with Crippen LogP contribution in [0.3, 0.4) is 0 Å². The van der Waals surface area contributed by atoms with Gasteiger partial charge in [-0.3, -0.25) is 4.79 Å². The van der Waals surface area contributed by atoms with Crippen LogP contribution in [0.4, 0.5) is 0 Å². The number of thioether (sulfide) groups is 1. The summed E-state index contributed by atoms with van der Waals surface area (Å²) < 4.78 is 3.69. The highest BCUT2D eigenvalue weighted by Gasteiger charge is 2.32. The van der Waals surface area contributed by atoms with Crippen molar-refractivity contribution in [2.45, 2.75) is 19.8 Å². The van der Waals surface area contributed by atoms with Crippen molar-refractivity contribution in [2.75, 3.05) is 0 Å². The monoisotopic (exact) mass is 352 g/mol. The van der Waals surface area contributed by atoms with Gasteiger partial charge in [-0.05, 0) is 30.8 Å². The van der Waals surface area contributed by atoms with E-state index in [1.165, 1.54) is 26.2 Å². The van der Waals surface area contributed by atoms with Gasteiger partial charge in [-0.1, -0.05) is 43.3 Å². The molecule has 3 rings (SSSR count). The minimum absolute atomic E-state index is 0.108. The van der Waals surface area contributed by atoms with E-state index < -0.39 is 0 Å². The molecule has 7 heteroatoms. The molecule has 1 aromatic heterocycles. The highest BCUT2D eigenvalue weighted by Crippen LogP contribution is 2.31. The maximum absolute atomic E-state index is 12.3. The molecular formula is C14H12N2OS4. The van der Waals surface area contributed by atoms with E-state index in [0.717, 1.165) is 16.8 Å². The van der Waals surface area contributed by atoms with Crippen molar-refractivity contribution in [2.24, 2.45) is 5.10 Å². The van der Waals surface area contributed by atoms with Crippen molar-refractivity contribution in [1.29, 1.82) is 0 Å². The van der Waals surface area contributed by atoms with E-state index in [-0.39, 0.29) is 5.91 Å². The fourth-order valence-corrected chi connectivity index (χ4v) is 5.18. The predicted octanol–water partition coefficient (Wildman–Crippen LogP) is 4.32. The molecule has 2 aromatic rings. The Morgan fingerprint density at radius 2 is 1.95 bits per heavy atom. The number of allylic oxidation sites excluding steroid dienone is 1. The van der Waals surface area contributed by atoms with E-state index in [1.54, 1.807) is 22.7 Å². The van der Waals surface area contributed by atoms with Gasteiger partial charge < -0.3 is 0 Å². The minimum atomic E-state index is -0.108. The molecule has 1 amide bonds. The van der Waals surface area contributed by atoms with E-state index in [0.29, 0.717) is 9.23 Å². The van der Waals surface area contributed by atoms with Crippen molar-refractivity contribution in [3.8, 4) is 0 Å². The first-order valence-electron chi connectivity index (χ1n) is 6.49. The van der Waals surface area contributed by atoms with Gasteiger partial charge in [-0.25, -0.2) is 0 Å². The minimum Gasteiger partial charge on any atom is -0.266 e. The molecule has 3 nitrogen and oxygen atoms in total. The summed E-state index contributed by atoms with van der Waals surface area (Å²) in [6, 6.07) is 8.12. The largest absolute Gasteiger partial charge is 0.286 e. The Balaban J connectivity index is 1.95. The van der Waals surface area contributed by atoms with Gasteiger partial charge in [0.15, 0.2) is 8.31 Å². The molecule has 108 valence electrons. The number of hydrogen-bond acceptors (Lipinski definition) is 6.